The summed E-state index contributed by atoms with van der Waals surface area (Å²) in [7, 11) is 0. The van der Waals surface area contributed by atoms with Gasteiger partial charge in [0.15, 0.2) is 0 Å². The second kappa shape index (κ2) is 9.04. The smallest absolute Gasteiger partial charge is 0.0832 e. The Kier molecular flexibility index (Phi) is 8.13. The SMILES string of the molecule is CCNC(C1CCCC(CC)C1)C(CC)(CC)OCC. The number of ether oxygens (including phenoxy) is 1. The molecule has 0 aromatic rings. The summed E-state index contributed by atoms with van der Waals surface area (Å²) < 4.78 is 6.30. The van der Waals surface area contributed by atoms with Crippen LogP contribution in [0, 0.1) is 11.8 Å². The summed E-state index contributed by atoms with van der Waals surface area (Å²) in [5, 5.41) is 3.80. The summed E-state index contributed by atoms with van der Waals surface area (Å²) in [5.74, 6) is 1.73. The molecular weight excluding hydrogens is 246 g/mol. The third-order valence-electron chi connectivity index (χ3n) is 5.49. The molecule has 0 radical (unpaired) electrons. The summed E-state index contributed by atoms with van der Waals surface area (Å²) in [5.41, 5.74) is 0.0328. The van der Waals surface area contributed by atoms with Crippen LogP contribution in [0.3, 0.4) is 0 Å². The van der Waals surface area contributed by atoms with Crippen molar-refractivity contribution in [3.05, 3.63) is 0 Å². The molecule has 2 heteroatoms. The van der Waals surface area contributed by atoms with Gasteiger partial charge in [0.25, 0.3) is 0 Å². The Balaban J connectivity index is 2.89. The van der Waals surface area contributed by atoms with Crippen molar-refractivity contribution < 1.29 is 4.74 Å². The van der Waals surface area contributed by atoms with E-state index in [4.69, 9.17) is 4.74 Å². The average Bonchev–Trinajstić information content (AvgIpc) is 2.51. The lowest BCUT2D eigenvalue weighted by Gasteiger charge is -2.46. The maximum absolute atomic E-state index is 6.30. The summed E-state index contributed by atoms with van der Waals surface area (Å²) in [6, 6.07) is 0.525. The van der Waals surface area contributed by atoms with Crippen LogP contribution in [-0.2, 0) is 4.74 Å². The molecule has 0 bridgehead atoms. The molecule has 3 atom stereocenters. The van der Waals surface area contributed by atoms with Gasteiger partial charge in [-0.25, -0.2) is 0 Å². The van der Waals surface area contributed by atoms with E-state index >= 15 is 0 Å². The Morgan fingerprint density at radius 2 is 1.80 bits per heavy atom. The van der Waals surface area contributed by atoms with Gasteiger partial charge >= 0.3 is 0 Å². The molecule has 0 amide bonds. The molecule has 20 heavy (non-hydrogen) atoms. The molecule has 3 unspecified atom stereocenters. The van der Waals surface area contributed by atoms with Crippen molar-refractivity contribution in [3.63, 3.8) is 0 Å². The molecule has 2 nitrogen and oxygen atoms in total. The van der Waals surface area contributed by atoms with E-state index in [2.05, 4.69) is 39.9 Å². The molecule has 1 rings (SSSR count). The third-order valence-corrected chi connectivity index (χ3v) is 5.49. The highest BCUT2D eigenvalue weighted by Crippen LogP contribution is 2.39. The quantitative estimate of drug-likeness (QED) is 0.658. The largest absolute Gasteiger partial charge is 0.374 e. The van der Waals surface area contributed by atoms with Crippen LogP contribution < -0.4 is 5.32 Å². The van der Waals surface area contributed by atoms with Crippen molar-refractivity contribution >= 4 is 0 Å². The maximum Gasteiger partial charge on any atom is 0.0832 e. The lowest BCUT2D eigenvalue weighted by molar-refractivity contribution is -0.0905. The molecule has 1 N–H and O–H groups in total. The van der Waals surface area contributed by atoms with Gasteiger partial charge in [0.05, 0.1) is 5.60 Å². The van der Waals surface area contributed by atoms with Crippen molar-refractivity contribution in [3.8, 4) is 0 Å². The van der Waals surface area contributed by atoms with E-state index in [1.807, 2.05) is 0 Å². The number of hydrogen-bond donors (Lipinski definition) is 1. The second-order valence-corrected chi connectivity index (χ2v) is 6.44. The number of rotatable bonds is 9. The molecule has 0 aromatic heterocycles. The summed E-state index contributed by atoms with van der Waals surface area (Å²) >= 11 is 0. The van der Waals surface area contributed by atoms with E-state index in [-0.39, 0.29) is 5.60 Å². The minimum atomic E-state index is 0.0328. The molecule has 0 spiro atoms. The van der Waals surface area contributed by atoms with Gasteiger partial charge in [-0.3, -0.25) is 0 Å². The van der Waals surface area contributed by atoms with Crippen LogP contribution in [0.15, 0.2) is 0 Å². The van der Waals surface area contributed by atoms with E-state index < -0.39 is 0 Å². The zero-order valence-electron chi connectivity index (χ0n) is 14.5. The fourth-order valence-electron chi connectivity index (χ4n) is 4.28. The minimum Gasteiger partial charge on any atom is -0.374 e. The first kappa shape index (κ1) is 18.0. The topological polar surface area (TPSA) is 21.3 Å². The summed E-state index contributed by atoms with van der Waals surface area (Å²) in [6.45, 7) is 13.2. The van der Waals surface area contributed by atoms with Gasteiger partial charge in [-0.05, 0) is 51.0 Å². The Labute approximate surface area is 127 Å². The first-order valence-corrected chi connectivity index (χ1v) is 9.04. The molecule has 1 saturated carbocycles. The van der Waals surface area contributed by atoms with Gasteiger partial charge < -0.3 is 10.1 Å². The zero-order valence-corrected chi connectivity index (χ0v) is 14.5. The highest BCUT2D eigenvalue weighted by molar-refractivity contribution is 4.97. The predicted molar refractivity (Wildman–Crippen MR) is 88.1 cm³/mol. The molecule has 0 aromatic carbocycles. The standard InChI is InChI=1S/C18H37NO/c1-6-15-12-11-13-16(14-15)17(19-9-4)18(7-2,8-3)20-10-5/h15-17,19H,6-14H2,1-5H3. The van der Waals surface area contributed by atoms with Crippen molar-refractivity contribution in [2.75, 3.05) is 13.2 Å². The average molecular weight is 284 g/mol. The Morgan fingerprint density at radius 1 is 1.10 bits per heavy atom. The molecule has 1 aliphatic rings. The predicted octanol–water partition coefficient (Wildman–Crippen LogP) is 4.78. The second-order valence-electron chi connectivity index (χ2n) is 6.44. The fourth-order valence-corrected chi connectivity index (χ4v) is 4.28. The van der Waals surface area contributed by atoms with E-state index in [9.17, 15) is 0 Å². The van der Waals surface area contributed by atoms with Crippen molar-refractivity contribution in [2.45, 2.75) is 91.2 Å². The normalized spacial score (nSPS) is 25.6. The van der Waals surface area contributed by atoms with Crippen LogP contribution in [-0.4, -0.2) is 24.8 Å². The van der Waals surface area contributed by atoms with Crippen LogP contribution in [0.25, 0.3) is 0 Å². The van der Waals surface area contributed by atoms with Crippen molar-refractivity contribution in [1.29, 1.82) is 0 Å². The first-order valence-electron chi connectivity index (χ1n) is 9.04. The minimum absolute atomic E-state index is 0.0328. The molecule has 120 valence electrons. The fraction of sp³-hybridized carbons (Fsp3) is 1.00. The van der Waals surface area contributed by atoms with Gasteiger partial charge in [0, 0.05) is 12.6 Å². The summed E-state index contributed by atoms with van der Waals surface area (Å²) in [4.78, 5) is 0. The molecule has 1 aliphatic carbocycles. The summed E-state index contributed by atoms with van der Waals surface area (Å²) in [6.07, 6.45) is 9.18. The van der Waals surface area contributed by atoms with E-state index in [0.717, 1.165) is 37.8 Å². The van der Waals surface area contributed by atoms with Crippen LogP contribution in [0.4, 0.5) is 0 Å². The van der Waals surface area contributed by atoms with Crippen molar-refractivity contribution in [1.82, 2.24) is 5.32 Å². The number of likely N-dealkylation sites (N-methyl/N-ethyl adjacent to an activating group) is 1. The lowest BCUT2D eigenvalue weighted by atomic mass is 9.70. The van der Waals surface area contributed by atoms with Gasteiger partial charge in [0.1, 0.15) is 0 Å². The van der Waals surface area contributed by atoms with Gasteiger partial charge in [-0.2, -0.15) is 0 Å². The Morgan fingerprint density at radius 3 is 2.30 bits per heavy atom. The molecule has 0 saturated heterocycles. The van der Waals surface area contributed by atoms with Gasteiger partial charge in [-0.15, -0.1) is 0 Å². The maximum atomic E-state index is 6.30. The van der Waals surface area contributed by atoms with E-state index in [1.54, 1.807) is 0 Å². The van der Waals surface area contributed by atoms with Gasteiger partial charge in [0.2, 0.25) is 0 Å². The van der Waals surface area contributed by atoms with Gasteiger partial charge in [-0.1, -0.05) is 47.0 Å². The van der Waals surface area contributed by atoms with Crippen LogP contribution in [0.2, 0.25) is 0 Å². The molecule has 0 aliphatic heterocycles. The Hall–Kier alpha value is -0.0800. The van der Waals surface area contributed by atoms with E-state index in [0.29, 0.717) is 6.04 Å². The monoisotopic (exact) mass is 283 g/mol. The van der Waals surface area contributed by atoms with Crippen LogP contribution >= 0.6 is 0 Å². The van der Waals surface area contributed by atoms with Crippen LogP contribution in [0.1, 0.15) is 79.6 Å². The highest BCUT2D eigenvalue weighted by atomic mass is 16.5. The third kappa shape index (κ3) is 4.21. The molecule has 1 fully saturated rings. The highest BCUT2D eigenvalue weighted by Gasteiger charge is 2.41. The first-order chi connectivity index (χ1) is 9.67. The number of hydrogen-bond acceptors (Lipinski definition) is 2. The Bertz CT molecular complexity index is 250. The molecular formula is C18H37NO. The zero-order chi connectivity index (χ0) is 15.0. The number of nitrogens with one attached hydrogen (secondary N) is 1. The van der Waals surface area contributed by atoms with E-state index in [1.165, 1.54) is 32.1 Å². The van der Waals surface area contributed by atoms with Crippen LogP contribution in [0.5, 0.6) is 0 Å². The van der Waals surface area contributed by atoms with Crippen molar-refractivity contribution in [2.24, 2.45) is 11.8 Å². The molecule has 0 heterocycles. The lowest BCUT2D eigenvalue weighted by Crippen LogP contribution is -2.56.